The van der Waals surface area contributed by atoms with Crippen molar-refractivity contribution in [3.05, 3.63) is 76.6 Å². The number of nitrogen functional groups attached to an aromatic ring is 1. The first-order valence-electron chi connectivity index (χ1n) is 8.81. The van der Waals surface area contributed by atoms with E-state index in [-0.39, 0.29) is 11.6 Å². The van der Waals surface area contributed by atoms with Crippen molar-refractivity contribution in [3.63, 3.8) is 0 Å². The molecule has 1 unspecified atom stereocenters. The fourth-order valence-electron chi connectivity index (χ4n) is 3.25. The number of nitrogens with zero attached hydrogens (tertiary/aromatic N) is 5. The minimum absolute atomic E-state index is 0.0226. The van der Waals surface area contributed by atoms with Crippen molar-refractivity contribution in [1.82, 2.24) is 19.7 Å². The molecule has 0 radical (unpaired) electrons. The molecule has 28 heavy (non-hydrogen) atoms. The number of non-ortho nitro benzene ring substituents is 1. The molecule has 0 fully saturated rings. The Morgan fingerprint density at radius 2 is 1.82 bits per heavy atom. The molecule has 0 saturated heterocycles. The number of benzene rings is 2. The Balaban J connectivity index is 1.79. The molecule has 2 aromatic carbocycles. The first kappa shape index (κ1) is 17.6. The molecule has 0 aliphatic rings. The van der Waals surface area contributed by atoms with Gasteiger partial charge in [-0.15, -0.1) is 0 Å². The van der Waals surface area contributed by atoms with E-state index in [9.17, 15) is 10.1 Å². The number of hydrogen-bond donors (Lipinski definition) is 1. The lowest BCUT2D eigenvalue weighted by molar-refractivity contribution is -0.384. The Labute approximate surface area is 160 Å². The third-order valence-electron chi connectivity index (χ3n) is 4.73. The number of nitro groups is 1. The summed E-state index contributed by atoms with van der Waals surface area (Å²) in [6.45, 7) is 2.74. The van der Waals surface area contributed by atoms with Crippen LogP contribution in [-0.2, 0) is 6.54 Å². The Morgan fingerprint density at radius 3 is 2.50 bits per heavy atom. The van der Waals surface area contributed by atoms with Gasteiger partial charge in [-0.3, -0.25) is 10.1 Å². The molecule has 4 aromatic rings. The highest BCUT2D eigenvalue weighted by atomic mass is 16.6. The lowest BCUT2D eigenvalue weighted by atomic mass is 10.0. The summed E-state index contributed by atoms with van der Waals surface area (Å²) in [5.41, 5.74) is 9.32. The molecule has 8 nitrogen and oxygen atoms in total. The standard InChI is InChI=1S/C20H18N6O2/c1-13(14-5-3-2-4-6-14)11-25-20-17(19(21)22-12-23-20)18(24-25)15-7-9-16(10-8-15)26(27)28/h2-10,12-13H,11H2,1H3,(H2,21,22,23). The lowest BCUT2D eigenvalue weighted by Gasteiger charge is -2.12. The first-order valence-corrected chi connectivity index (χ1v) is 8.81. The fraction of sp³-hybridized carbons (Fsp3) is 0.150. The molecule has 0 saturated carbocycles. The van der Waals surface area contributed by atoms with E-state index in [1.165, 1.54) is 24.0 Å². The van der Waals surface area contributed by atoms with E-state index in [4.69, 9.17) is 10.8 Å². The maximum atomic E-state index is 10.9. The van der Waals surface area contributed by atoms with Gasteiger partial charge in [-0.2, -0.15) is 5.10 Å². The van der Waals surface area contributed by atoms with Gasteiger partial charge in [0.15, 0.2) is 5.65 Å². The van der Waals surface area contributed by atoms with E-state index in [1.807, 2.05) is 22.9 Å². The molecule has 0 spiro atoms. The van der Waals surface area contributed by atoms with Gasteiger partial charge in [0.2, 0.25) is 0 Å². The Kier molecular flexibility index (Phi) is 4.44. The van der Waals surface area contributed by atoms with Gasteiger partial charge < -0.3 is 5.73 Å². The van der Waals surface area contributed by atoms with Crippen molar-refractivity contribution < 1.29 is 4.92 Å². The van der Waals surface area contributed by atoms with E-state index in [0.29, 0.717) is 29.1 Å². The second kappa shape index (κ2) is 7.07. The van der Waals surface area contributed by atoms with Crippen LogP contribution in [0.1, 0.15) is 18.4 Å². The van der Waals surface area contributed by atoms with Crippen molar-refractivity contribution in [2.75, 3.05) is 5.73 Å². The molecule has 4 rings (SSSR count). The molecule has 8 heteroatoms. The molecule has 140 valence electrons. The van der Waals surface area contributed by atoms with Crippen molar-refractivity contribution >= 4 is 22.5 Å². The van der Waals surface area contributed by atoms with E-state index >= 15 is 0 Å². The van der Waals surface area contributed by atoms with Crippen molar-refractivity contribution in [2.45, 2.75) is 19.4 Å². The van der Waals surface area contributed by atoms with Crippen LogP contribution in [0.25, 0.3) is 22.3 Å². The second-order valence-electron chi connectivity index (χ2n) is 6.60. The summed E-state index contributed by atoms with van der Waals surface area (Å²) in [7, 11) is 0. The molecule has 2 N–H and O–H groups in total. The van der Waals surface area contributed by atoms with Crippen LogP contribution in [0, 0.1) is 10.1 Å². The average molecular weight is 374 g/mol. The van der Waals surface area contributed by atoms with Gasteiger partial charge in [0.1, 0.15) is 17.8 Å². The predicted molar refractivity (Wildman–Crippen MR) is 107 cm³/mol. The summed E-state index contributed by atoms with van der Waals surface area (Å²) in [5, 5.41) is 16.3. The van der Waals surface area contributed by atoms with Crippen LogP contribution in [0.15, 0.2) is 60.9 Å². The number of anilines is 1. The molecular weight excluding hydrogens is 356 g/mol. The maximum absolute atomic E-state index is 10.9. The highest BCUT2D eigenvalue weighted by Gasteiger charge is 2.19. The molecule has 2 aromatic heterocycles. The molecule has 0 amide bonds. The van der Waals surface area contributed by atoms with E-state index in [2.05, 4.69) is 29.0 Å². The average Bonchev–Trinajstić information content (AvgIpc) is 3.08. The third-order valence-corrected chi connectivity index (χ3v) is 4.73. The number of rotatable bonds is 5. The highest BCUT2D eigenvalue weighted by molar-refractivity contribution is 5.98. The number of aromatic nitrogens is 4. The van der Waals surface area contributed by atoms with E-state index in [1.54, 1.807) is 12.1 Å². The molecule has 0 aliphatic heterocycles. The summed E-state index contributed by atoms with van der Waals surface area (Å²) in [6, 6.07) is 16.4. The smallest absolute Gasteiger partial charge is 0.269 e. The summed E-state index contributed by atoms with van der Waals surface area (Å²) >= 11 is 0. The zero-order chi connectivity index (χ0) is 19.7. The second-order valence-corrected chi connectivity index (χ2v) is 6.60. The van der Waals surface area contributed by atoms with Gasteiger partial charge in [0.05, 0.1) is 10.3 Å². The zero-order valence-electron chi connectivity index (χ0n) is 15.2. The van der Waals surface area contributed by atoms with Gasteiger partial charge in [0.25, 0.3) is 5.69 Å². The minimum atomic E-state index is -0.431. The van der Waals surface area contributed by atoms with Crippen LogP contribution in [0.2, 0.25) is 0 Å². The van der Waals surface area contributed by atoms with E-state index < -0.39 is 4.92 Å². The SMILES string of the molecule is CC(Cn1nc(-c2ccc([N+](=O)[O-])cc2)c2c(N)ncnc21)c1ccccc1. The highest BCUT2D eigenvalue weighted by Crippen LogP contribution is 2.32. The Bertz CT molecular complexity index is 1140. The largest absolute Gasteiger partial charge is 0.383 e. The van der Waals surface area contributed by atoms with Crippen LogP contribution in [0.5, 0.6) is 0 Å². The molecular formula is C20H18N6O2. The van der Waals surface area contributed by atoms with Crippen molar-refractivity contribution in [2.24, 2.45) is 0 Å². The van der Waals surface area contributed by atoms with Gasteiger partial charge in [-0.25, -0.2) is 14.6 Å². The number of fused-ring (bicyclic) bond motifs is 1. The summed E-state index contributed by atoms with van der Waals surface area (Å²) in [5.74, 6) is 0.544. The Hall–Kier alpha value is -3.81. The summed E-state index contributed by atoms with van der Waals surface area (Å²) in [6.07, 6.45) is 1.42. The van der Waals surface area contributed by atoms with Crippen LogP contribution in [0.4, 0.5) is 11.5 Å². The van der Waals surface area contributed by atoms with Crippen LogP contribution >= 0.6 is 0 Å². The van der Waals surface area contributed by atoms with Crippen LogP contribution in [0.3, 0.4) is 0 Å². The Morgan fingerprint density at radius 1 is 1.11 bits per heavy atom. The van der Waals surface area contributed by atoms with Crippen molar-refractivity contribution in [3.8, 4) is 11.3 Å². The molecule has 2 heterocycles. The van der Waals surface area contributed by atoms with Gasteiger partial charge in [-0.05, 0) is 17.7 Å². The first-order chi connectivity index (χ1) is 13.5. The number of nitro benzene ring substituents is 1. The van der Waals surface area contributed by atoms with Gasteiger partial charge in [0, 0.05) is 30.2 Å². The molecule has 1 atom stereocenters. The van der Waals surface area contributed by atoms with Crippen molar-refractivity contribution in [1.29, 1.82) is 0 Å². The number of hydrogen-bond acceptors (Lipinski definition) is 6. The van der Waals surface area contributed by atoms with Crippen LogP contribution < -0.4 is 5.73 Å². The molecule has 0 aliphatic carbocycles. The van der Waals surface area contributed by atoms with E-state index in [0.717, 1.165) is 5.56 Å². The fourth-order valence-corrected chi connectivity index (χ4v) is 3.25. The van der Waals surface area contributed by atoms with Crippen LogP contribution in [-0.4, -0.2) is 24.7 Å². The lowest BCUT2D eigenvalue weighted by Crippen LogP contribution is -2.08. The predicted octanol–water partition coefficient (Wildman–Crippen LogP) is 3.79. The summed E-state index contributed by atoms with van der Waals surface area (Å²) in [4.78, 5) is 19.0. The minimum Gasteiger partial charge on any atom is -0.383 e. The topological polar surface area (TPSA) is 113 Å². The van der Waals surface area contributed by atoms with Gasteiger partial charge >= 0.3 is 0 Å². The quantitative estimate of drug-likeness (QED) is 0.420. The third kappa shape index (κ3) is 3.16. The maximum Gasteiger partial charge on any atom is 0.269 e. The number of nitrogens with two attached hydrogens (primary N) is 1. The normalized spacial score (nSPS) is 12.2. The zero-order valence-corrected chi connectivity index (χ0v) is 15.2. The van der Waals surface area contributed by atoms with Gasteiger partial charge in [-0.1, -0.05) is 37.3 Å². The molecule has 0 bridgehead atoms. The summed E-state index contributed by atoms with van der Waals surface area (Å²) < 4.78 is 1.82. The monoisotopic (exact) mass is 374 g/mol.